The standard InChI is InChI=1S/C20H15ClN2O4/c21-14-7-5-13(6-8-14)16-10-9-15(26-16)11-22-23-20(24)19-12-25-17-3-1-2-4-18(17)27-19/h1-11,19H,12H2,(H,23,24)/b22-11-/t19-/m1/s1. The van der Waals surface area contributed by atoms with Crippen molar-refractivity contribution >= 4 is 23.7 Å². The highest BCUT2D eigenvalue weighted by atomic mass is 35.5. The average Bonchev–Trinajstić information content (AvgIpc) is 3.17. The summed E-state index contributed by atoms with van der Waals surface area (Å²) >= 11 is 5.88. The Hall–Kier alpha value is -3.25. The molecule has 0 fully saturated rings. The van der Waals surface area contributed by atoms with Crippen molar-refractivity contribution in [3.05, 3.63) is 71.4 Å². The monoisotopic (exact) mass is 382 g/mol. The highest BCUT2D eigenvalue weighted by Gasteiger charge is 2.26. The molecule has 0 aliphatic carbocycles. The zero-order chi connectivity index (χ0) is 18.6. The fourth-order valence-corrected chi connectivity index (χ4v) is 2.70. The van der Waals surface area contributed by atoms with Crippen molar-refractivity contribution in [1.82, 2.24) is 5.43 Å². The summed E-state index contributed by atoms with van der Waals surface area (Å²) < 4.78 is 16.8. The number of rotatable bonds is 4. The minimum absolute atomic E-state index is 0.125. The Balaban J connectivity index is 1.36. The van der Waals surface area contributed by atoms with Gasteiger partial charge >= 0.3 is 0 Å². The number of carbonyl (C=O) groups is 1. The first-order chi connectivity index (χ1) is 13.2. The van der Waals surface area contributed by atoms with Gasteiger partial charge in [-0.15, -0.1) is 0 Å². The predicted molar refractivity (Wildman–Crippen MR) is 101 cm³/mol. The summed E-state index contributed by atoms with van der Waals surface area (Å²) in [5, 5.41) is 4.58. The lowest BCUT2D eigenvalue weighted by Crippen LogP contribution is -2.42. The molecule has 0 bridgehead atoms. The van der Waals surface area contributed by atoms with E-state index in [1.165, 1.54) is 6.21 Å². The normalized spacial score (nSPS) is 15.7. The van der Waals surface area contributed by atoms with Gasteiger partial charge in [-0.05, 0) is 48.5 Å². The Bertz CT molecular complexity index is 982. The van der Waals surface area contributed by atoms with Crippen molar-refractivity contribution in [1.29, 1.82) is 0 Å². The Kier molecular flexibility index (Phi) is 4.80. The van der Waals surface area contributed by atoms with Gasteiger partial charge in [0.05, 0.1) is 6.21 Å². The molecule has 1 amide bonds. The van der Waals surface area contributed by atoms with E-state index in [1.807, 2.05) is 30.3 Å². The number of ether oxygens (including phenoxy) is 2. The molecular formula is C20H15ClN2O4. The zero-order valence-electron chi connectivity index (χ0n) is 14.1. The second-order valence-electron chi connectivity index (χ2n) is 5.81. The van der Waals surface area contributed by atoms with E-state index in [2.05, 4.69) is 10.5 Å². The molecule has 3 aromatic rings. The molecule has 0 saturated carbocycles. The van der Waals surface area contributed by atoms with E-state index in [0.29, 0.717) is 28.0 Å². The van der Waals surface area contributed by atoms with Crippen LogP contribution in [-0.4, -0.2) is 24.8 Å². The van der Waals surface area contributed by atoms with Crippen LogP contribution >= 0.6 is 11.6 Å². The SMILES string of the molecule is O=C(N/N=C\c1ccc(-c2ccc(Cl)cc2)o1)[C@H]1COc2ccccc2O1. The number of nitrogens with zero attached hydrogens (tertiary/aromatic N) is 1. The van der Waals surface area contributed by atoms with E-state index in [9.17, 15) is 4.79 Å². The Labute approximate surface area is 160 Å². The third-order valence-corrected chi connectivity index (χ3v) is 4.18. The summed E-state index contributed by atoms with van der Waals surface area (Å²) in [5.74, 6) is 1.94. The van der Waals surface area contributed by atoms with E-state index in [1.54, 1.807) is 30.3 Å². The molecule has 0 saturated heterocycles. The summed E-state index contributed by atoms with van der Waals surface area (Å²) in [6.45, 7) is 0.125. The Morgan fingerprint density at radius 2 is 1.85 bits per heavy atom. The summed E-state index contributed by atoms with van der Waals surface area (Å²) in [4.78, 5) is 12.2. The van der Waals surface area contributed by atoms with E-state index in [-0.39, 0.29) is 6.61 Å². The number of carbonyl (C=O) groups excluding carboxylic acids is 1. The van der Waals surface area contributed by atoms with Crippen LogP contribution in [0.3, 0.4) is 0 Å². The van der Waals surface area contributed by atoms with Gasteiger partial charge in [0, 0.05) is 10.6 Å². The lowest BCUT2D eigenvalue weighted by Gasteiger charge is -2.24. The quantitative estimate of drug-likeness (QED) is 0.548. The minimum Gasteiger partial charge on any atom is -0.485 e. The minimum atomic E-state index is -0.765. The molecule has 136 valence electrons. The molecule has 2 aromatic carbocycles. The van der Waals surface area contributed by atoms with Gasteiger partial charge in [0.1, 0.15) is 18.1 Å². The van der Waals surface area contributed by atoms with Crippen LogP contribution in [0.15, 0.2) is 70.2 Å². The molecule has 6 nitrogen and oxygen atoms in total. The molecule has 1 N–H and O–H groups in total. The van der Waals surface area contributed by atoms with Crippen LogP contribution in [0.25, 0.3) is 11.3 Å². The molecule has 1 aliphatic rings. The van der Waals surface area contributed by atoms with E-state index in [4.69, 9.17) is 25.5 Å². The number of benzene rings is 2. The van der Waals surface area contributed by atoms with Gasteiger partial charge in [0.25, 0.3) is 5.91 Å². The van der Waals surface area contributed by atoms with E-state index in [0.717, 1.165) is 5.56 Å². The summed E-state index contributed by atoms with van der Waals surface area (Å²) in [6, 6.07) is 18.1. The maximum atomic E-state index is 12.2. The van der Waals surface area contributed by atoms with Crippen molar-refractivity contribution in [2.45, 2.75) is 6.10 Å². The molecule has 2 heterocycles. The molecule has 0 radical (unpaired) electrons. The van der Waals surface area contributed by atoms with Crippen LogP contribution in [0.4, 0.5) is 0 Å². The highest BCUT2D eigenvalue weighted by Crippen LogP contribution is 2.30. The number of hydrazone groups is 1. The molecule has 1 aliphatic heterocycles. The van der Waals surface area contributed by atoms with Crippen LogP contribution in [0.2, 0.25) is 5.02 Å². The zero-order valence-corrected chi connectivity index (χ0v) is 14.8. The topological polar surface area (TPSA) is 73.1 Å². The van der Waals surface area contributed by atoms with Gasteiger partial charge in [-0.25, -0.2) is 5.43 Å². The highest BCUT2D eigenvalue weighted by molar-refractivity contribution is 6.30. The maximum Gasteiger partial charge on any atom is 0.284 e. The number of hydrogen-bond donors (Lipinski definition) is 1. The Morgan fingerprint density at radius 3 is 2.67 bits per heavy atom. The van der Waals surface area contributed by atoms with Crippen molar-refractivity contribution in [2.75, 3.05) is 6.61 Å². The molecule has 1 aromatic heterocycles. The second-order valence-corrected chi connectivity index (χ2v) is 6.24. The van der Waals surface area contributed by atoms with Crippen LogP contribution < -0.4 is 14.9 Å². The van der Waals surface area contributed by atoms with Gasteiger partial charge in [-0.1, -0.05) is 23.7 Å². The third kappa shape index (κ3) is 3.96. The molecule has 0 spiro atoms. The fraction of sp³-hybridized carbons (Fsp3) is 0.100. The summed E-state index contributed by atoms with van der Waals surface area (Å²) in [6.07, 6.45) is 0.660. The van der Waals surface area contributed by atoms with Crippen LogP contribution in [-0.2, 0) is 4.79 Å². The maximum absolute atomic E-state index is 12.2. The van der Waals surface area contributed by atoms with Gasteiger partial charge < -0.3 is 13.9 Å². The fourth-order valence-electron chi connectivity index (χ4n) is 2.57. The van der Waals surface area contributed by atoms with Crippen molar-refractivity contribution < 1.29 is 18.7 Å². The van der Waals surface area contributed by atoms with Gasteiger partial charge in [0.2, 0.25) is 6.10 Å². The van der Waals surface area contributed by atoms with E-state index < -0.39 is 12.0 Å². The summed E-state index contributed by atoms with van der Waals surface area (Å²) in [5.41, 5.74) is 3.33. The smallest absolute Gasteiger partial charge is 0.284 e. The summed E-state index contributed by atoms with van der Waals surface area (Å²) in [7, 11) is 0. The van der Waals surface area contributed by atoms with Gasteiger partial charge in [0.15, 0.2) is 11.5 Å². The first kappa shape index (κ1) is 17.2. The van der Waals surface area contributed by atoms with E-state index >= 15 is 0 Å². The Morgan fingerprint density at radius 1 is 1.07 bits per heavy atom. The second kappa shape index (κ2) is 7.55. The molecule has 4 rings (SSSR count). The molecule has 0 unspecified atom stereocenters. The molecule has 27 heavy (non-hydrogen) atoms. The van der Waals surface area contributed by atoms with Crippen molar-refractivity contribution in [3.63, 3.8) is 0 Å². The number of halogens is 1. The number of hydrogen-bond acceptors (Lipinski definition) is 5. The van der Waals surface area contributed by atoms with Crippen LogP contribution in [0, 0.1) is 0 Å². The van der Waals surface area contributed by atoms with Crippen molar-refractivity contribution in [3.8, 4) is 22.8 Å². The first-order valence-corrected chi connectivity index (χ1v) is 8.64. The lowest BCUT2D eigenvalue weighted by atomic mass is 10.2. The predicted octanol–water partition coefficient (Wildman–Crippen LogP) is 3.89. The molecule has 1 atom stereocenters. The number of furan rings is 1. The van der Waals surface area contributed by atoms with Gasteiger partial charge in [-0.2, -0.15) is 5.10 Å². The molecule has 7 heteroatoms. The number of para-hydroxylation sites is 2. The largest absolute Gasteiger partial charge is 0.485 e. The first-order valence-electron chi connectivity index (χ1n) is 8.26. The van der Waals surface area contributed by atoms with Crippen LogP contribution in [0.5, 0.6) is 11.5 Å². The number of fused-ring (bicyclic) bond motifs is 1. The third-order valence-electron chi connectivity index (χ3n) is 3.92. The average molecular weight is 383 g/mol. The molecular weight excluding hydrogens is 368 g/mol. The van der Waals surface area contributed by atoms with Gasteiger partial charge in [-0.3, -0.25) is 4.79 Å². The number of nitrogens with one attached hydrogen (secondary N) is 1. The van der Waals surface area contributed by atoms with Crippen LogP contribution in [0.1, 0.15) is 5.76 Å². The number of amides is 1. The lowest BCUT2D eigenvalue weighted by molar-refractivity contribution is -0.130. The van der Waals surface area contributed by atoms with Crippen molar-refractivity contribution in [2.24, 2.45) is 5.10 Å².